The Hall–Kier alpha value is -3.30. The number of rotatable bonds is 7. The largest absolute Gasteiger partial charge is 0.497 e. The summed E-state index contributed by atoms with van der Waals surface area (Å²) in [5.74, 6) is 0.541. The van der Waals surface area contributed by atoms with Gasteiger partial charge in [-0.1, -0.05) is 48.6 Å². The fourth-order valence-corrected chi connectivity index (χ4v) is 6.52. The van der Waals surface area contributed by atoms with Gasteiger partial charge in [0.1, 0.15) is 22.4 Å². The van der Waals surface area contributed by atoms with Crippen LogP contribution in [-0.2, 0) is 9.59 Å². The number of thioether (sulfide) groups is 1. The third-order valence-corrected chi connectivity index (χ3v) is 8.27. The first-order valence-electron chi connectivity index (χ1n) is 11.7. The highest BCUT2D eigenvalue weighted by molar-refractivity contribution is 8.26. The molecule has 5 rings (SSSR count). The molecule has 3 aliphatic rings. The van der Waals surface area contributed by atoms with Crippen LogP contribution in [0.4, 0.5) is 11.4 Å². The molecule has 0 radical (unpaired) electrons. The maximum Gasteiger partial charge on any atom is 0.323 e. The molecule has 0 spiro atoms. The summed E-state index contributed by atoms with van der Waals surface area (Å²) in [7, 11) is 3.34. The van der Waals surface area contributed by atoms with Crippen LogP contribution >= 0.6 is 24.0 Å². The fraction of sp³-hybridized carbons (Fsp3) is 0.296. The second kappa shape index (κ2) is 9.99. The highest BCUT2D eigenvalue weighted by Gasteiger charge is 2.43. The van der Waals surface area contributed by atoms with Crippen molar-refractivity contribution in [1.29, 1.82) is 0 Å². The Kier molecular flexibility index (Phi) is 6.77. The van der Waals surface area contributed by atoms with E-state index in [4.69, 9.17) is 26.8 Å². The van der Waals surface area contributed by atoms with E-state index < -0.39 is 12.5 Å². The van der Waals surface area contributed by atoms with Crippen molar-refractivity contribution in [2.75, 3.05) is 25.7 Å². The molecule has 36 heavy (non-hydrogen) atoms. The number of benzene rings is 2. The maximum absolute atomic E-state index is 12.5. The first-order valence-corrected chi connectivity index (χ1v) is 12.9. The Bertz CT molecular complexity index is 1310. The number of hydrogen-bond acceptors (Lipinski definition) is 7. The number of amides is 1. The van der Waals surface area contributed by atoms with Crippen molar-refractivity contribution in [3.05, 3.63) is 64.6 Å². The van der Waals surface area contributed by atoms with Crippen LogP contribution in [0.25, 0.3) is 6.08 Å². The van der Waals surface area contributed by atoms with Gasteiger partial charge >= 0.3 is 5.97 Å². The standard InChI is InChI=1S/C27H26N2O5S2/c1-33-17-10-12-22(23(14-17)34-2)29-20-7-4-6-18(20)19-13-16(9-11-21(19)29)5-3-8-24-26(32)28(15-25(30)31)27(35)36-24/h3,5,8-14,18,20H,4,6-7,15H2,1-2H3,(H,30,31)/b5-3?,24-8+. The summed E-state index contributed by atoms with van der Waals surface area (Å²) in [6.07, 6.45) is 8.93. The van der Waals surface area contributed by atoms with Gasteiger partial charge in [0, 0.05) is 23.7 Å². The van der Waals surface area contributed by atoms with Crippen LogP contribution in [-0.4, -0.2) is 53.0 Å². The third-order valence-electron chi connectivity index (χ3n) is 6.87. The Morgan fingerprint density at radius 2 is 1.97 bits per heavy atom. The van der Waals surface area contributed by atoms with Crippen molar-refractivity contribution >= 4 is 57.6 Å². The SMILES string of the molecule is COc1ccc(N2c3ccc(C=C/C=C4/SC(=S)N(CC(=O)O)C4=O)cc3C3CCCC32)c(OC)c1. The van der Waals surface area contributed by atoms with Crippen molar-refractivity contribution in [3.63, 3.8) is 0 Å². The zero-order valence-electron chi connectivity index (χ0n) is 20.0. The van der Waals surface area contributed by atoms with Crippen LogP contribution in [0.15, 0.2) is 53.5 Å². The van der Waals surface area contributed by atoms with Gasteiger partial charge in [0.25, 0.3) is 5.91 Å². The van der Waals surface area contributed by atoms with Crippen LogP contribution in [0, 0.1) is 0 Å². The molecule has 1 amide bonds. The number of carboxylic acids is 1. The van der Waals surface area contributed by atoms with Gasteiger partial charge in [0.05, 0.1) is 24.8 Å². The number of fused-ring (bicyclic) bond motifs is 3. The number of aliphatic carboxylic acids is 1. The third kappa shape index (κ3) is 4.37. The first-order chi connectivity index (χ1) is 17.4. The average Bonchev–Trinajstić information content (AvgIpc) is 3.53. The van der Waals surface area contributed by atoms with E-state index in [0.717, 1.165) is 52.3 Å². The quantitative estimate of drug-likeness (QED) is 0.386. The van der Waals surface area contributed by atoms with E-state index in [2.05, 4.69) is 29.2 Å². The molecule has 2 aliphatic heterocycles. The molecule has 2 aromatic rings. The van der Waals surface area contributed by atoms with Crippen molar-refractivity contribution in [2.45, 2.75) is 31.2 Å². The molecule has 0 aromatic heterocycles. The molecule has 2 atom stereocenters. The van der Waals surface area contributed by atoms with E-state index in [-0.39, 0.29) is 10.2 Å². The monoisotopic (exact) mass is 522 g/mol. The van der Waals surface area contributed by atoms with Crippen molar-refractivity contribution in [1.82, 2.24) is 4.90 Å². The van der Waals surface area contributed by atoms with Crippen LogP contribution < -0.4 is 14.4 Å². The van der Waals surface area contributed by atoms with Crippen LogP contribution in [0.3, 0.4) is 0 Å². The van der Waals surface area contributed by atoms with E-state index >= 15 is 0 Å². The van der Waals surface area contributed by atoms with E-state index in [9.17, 15) is 9.59 Å². The zero-order valence-corrected chi connectivity index (χ0v) is 21.6. The summed E-state index contributed by atoms with van der Waals surface area (Å²) in [6.45, 7) is -0.422. The van der Waals surface area contributed by atoms with E-state index in [1.165, 1.54) is 17.7 Å². The minimum absolute atomic E-state index is 0.265. The molecule has 1 aliphatic carbocycles. The van der Waals surface area contributed by atoms with Gasteiger partial charge in [-0.15, -0.1) is 0 Å². The minimum Gasteiger partial charge on any atom is -0.497 e. The number of allylic oxidation sites excluding steroid dienone is 2. The molecule has 1 saturated heterocycles. The number of ether oxygens (including phenoxy) is 2. The first kappa shape index (κ1) is 24.4. The summed E-state index contributed by atoms with van der Waals surface area (Å²) in [5.41, 5.74) is 4.60. The molecular weight excluding hydrogens is 496 g/mol. The molecule has 0 bridgehead atoms. The Morgan fingerprint density at radius 3 is 2.72 bits per heavy atom. The normalized spacial score (nSPS) is 22.0. The number of carboxylic acid groups (broad SMARTS) is 1. The van der Waals surface area contributed by atoms with Crippen molar-refractivity contribution < 1.29 is 24.2 Å². The van der Waals surface area contributed by atoms with E-state index in [1.807, 2.05) is 24.3 Å². The van der Waals surface area contributed by atoms with Gasteiger partial charge < -0.3 is 19.5 Å². The predicted molar refractivity (Wildman–Crippen MR) is 145 cm³/mol. The van der Waals surface area contributed by atoms with Crippen molar-refractivity contribution in [2.24, 2.45) is 0 Å². The summed E-state index contributed by atoms with van der Waals surface area (Å²) in [4.78, 5) is 27.4. The lowest BCUT2D eigenvalue weighted by atomic mass is 9.96. The van der Waals surface area contributed by atoms with Crippen LogP contribution in [0.5, 0.6) is 11.5 Å². The van der Waals surface area contributed by atoms with Gasteiger partial charge in [-0.3, -0.25) is 14.5 Å². The fourth-order valence-electron chi connectivity index (χ4n) is 5.31. The number of carbonyl (C=O) groups is 2. The number of methoxy groups -OCH3 is 2. The van der Waals surface area contributed by atoms with Crippen molar-refractivity contribution in [3.8, 4) is 11.5 Å². The molecule has 9 heteroatoms. The molecular formula is C27H26N2O5S2. The Balaban J connectivity index is 1.42. The summed E-state index contributed by atoms with van der Waals surface area (Å²) in [5, 5.41) is 8.99. The lowest BCUT2D eigenvalue weighted by Crippen LogP contribution is -2.33. The molecule has 2 aromatic carbocycles. The number of nitrogens with zero attached hydrogens (tertiary/aromatic N) is 2. The van der Waals surface area contributed by atoms with Gasteiger partial charge in [-0.2, -0.15) is 0 Å². The Morgan fingerprint density at radius 1 is 1.17 bits per heavy atom. The molecule has 7 nitrogen and oxygen atoms in total. The number of carbonyl (C=O) groups excluding carboxylic acids is 1. The topological polar surface area (TPSA) is 79.3 Å². The van der Waals surface area contributed by atoms with Gasteiger partial charge in [-0.05, 0) is 54.3 Å². The molecule has 2 heterocycles. The van der Waals surface area contributed by atoms with Gasteiger partial charge in [0.2, 0.25) is 0 Å². The lowest BCUT2D eigenvalue weighted by molar-refractivity contribution is -0.140. The van der Waals surface area contributed by atoms with E-state index in [1.54, 1.807) is 20.3 Å². The lowest BCUT2D eigenvalue weighted by Gasteiger charge is -2.28. The summed E-state index contributed by atoms with van der Waals surface area (Å²) in [6, 6.07) is 12.8. The predicted octanol–water partition coefficient (Wildman–Crippen LogP) is 5.33. The molecule has 2 unspecified atom stereocenters. The van der Waals surface area contributed by atoms with Crippen LogP contribution in [0.1, 0.15) is 36.3 Å². The van der Waals surface area contributed by atoms with E-state index in [0.29, 0.717) is 16.9 Å². The Labute approximate surface area is 219 Å². The maximum atomic E-state index is 12.5. The average molecular weight is 523 g/mol. The number of thiocarbonyl (C=S) groups is 1. The summed E-state index contributed by atoms with van der Waals surface area (Å²) >= 11 is 6.28. The number of hydrogen-bond donors (Lipinski definition) is 1. The second-order valence-corrected chi connectivity index (χ2v) is 10.5. The van der Waals surface area contributed by atoms with Gasteiger partial charge in [0.15, 0.2) is 0 Å². The minimum atomic E-state index is -1.09. The highest BCUT2D eigenvalue weighted by Crippen LogP contribution is 2.54. The zero-order chi connectivity index (χ0) is 25.4. The molecule has 1 N–H and O–H groups in total. The highest BCUT2D eigenvalue weighted by atomic mass is 32.2. The summed E-state index contributed by atoms with van der Waals surface area (Å²) < 4.78 is 11.4. The molecule has 186 valence electrons. The molecule has 1 saturated carbocycles. The van der Waals surface area contributed by atoms with Crippen LogP contribution in [0.2, 0.25) is 0 Å². The second-order valence-electron chi connectivity index (χ2n) is 8.87. The molecule has 2 fully saturated rings. The smallest absolute Gasteiger partial charge is 0.323 e. The number of anilines is 2. The van der Waals surface area contributed by atoms with Gasteiger partial charge in [-0.25, -0.2) is 0 Å².